The molecule has 0 saturated carbocycles. The Labute approximate surface area is 167 Å². The lowest BCUT2D eigenvalue weighted by Gasteiger charge is -2.35. The van der Waals surface area contributed by atoms with E-state index < -0.39 is 16.4 Å². The first-order chi connectivity index (χ1) is 14.0. The number of piperazine rings is 1. The molecule has 3 aromatic rings. The predicted molar refractivity (Wildman–Crippen MR) is 110 cm³/mol. The van der Waals surface area contributed by atoms with Crippen LogP contribution >= 0.6 is 0 Å². The molecule has 150 valence electrons. The van der Waals surface area contributed by atoms with Crippen LogP contribution in [0.4, 0.5) is 27.3 Å². The summed E-state index contributed by atoms with van der Waals surface area (Å²) >= 11 is 0. The van der Waals surface area contributed by atoms with Gasteiger partial charge in [0, 0.05) is 49.7 Å². The van der Waals surface area contributed by atoms with Gasteiger partial charge in [0.05, 0.1) is 15.8 Å². The van der Waals surface area contributed by atoms with E-state index in [9.17, 15) is 14.5 Å². The summed E-state index contributed by atoms with van der Waals surface area (Å²) in [6.45, 7) is 7.35. The second-order valence-corrected chi connectivity index (χ2v) is 6.89. The van der Waals surface area contributed by atoms with Gasteiger partial charge in [0.15, 0.2) is 0 Å². The van der Waals surface area contributed by atoms with Gasteiger partial charge in [-0.25, -0.2) is 9.97 Å². The van der Waals surface area contributed by atoms with Crippen LogP contribution in [0.25, 0.3) is 10.9 Å². The van der Waals surface area contributed by atoms with Gasteiger partial charge in [-0.05, 0) is 30.8 Å². The molecular weight excluding hydrogens is 375 g/mol. The smallest absolute Gasteiger partial charge is 0.305 e. The number of nitrogens with zero attached hydrogens (tertiary/aromatic N) is 5. The first-order valence-electron chi connectivity index (χ1n) is 9.48. The minimum atomic E-state index is -0.917. The van der Waals surface area contributed by atoms with Gasteiger partial charge in [0.1, 0.15) is 12.1 Å². The Morgan fingerprint density at radius 1 is 1.14 bits per heavy atom. The van der Waals surface area contributed by atoms with Crippen molar-refractivity contribution in [2.24, 2.45) is 0 Å². The zero-order valence-electron chi connectivity index (χ0n) is 16.0. The van der Waals surface area contributed by atoms with Gasteiger partial charge in [0.25, 0.3) is 0 Å². The molecule has 1 N–H and O–H groups in total. The molecule has 1 fully saturated rings. The second-order valence-electron chi connectivity index (χ2n) is 6.89. The summed E-state index contributed by atoms with van der Waals surface area (Å²) in [4.78, 5) is 23.3. The van der Waals surface area contributed by atoms with Crippen molar-refractivity contribution in [3.63, 3.8) is 0 Å². The first kappa shape index (κ1) is 19.0. The van der Waals surface area contributed by atoms with Crippen molar-refractivity contribution in [3.05, 3.63) is 58.7 Å². The van der Waals surface area contributed by atoms with Crippen LogP contribution in [-0.2, 0) is 0 Å². The van der Waals surface area contributed by atoms with Crippen molar-refractivity contribution in [2.75, 3.05) is 42.9 Å². The molecule has 9 heteroatoms. The molecule has 1 aliphatic rings. The third-order valence-corrected chi connectivity index (χ3v) is 5.22. The lowest BCUT2D eigenvalue weighted by atomic mass is 10.2. The molecule has 29 heavy (non-hydrogen) atoms. The third-order valence-electron chi connectivity index (χ3n) is 5.22. The molecular formula is C20H21FN6O2. The quantitative estimate of drug-likeness (QED) is 0.521. The molecule has 1 aliphatic heterocycles. The Hall–Kier alpha value is -3.33. The molecule has 0 aliphatic carbocycles. The number of aromatic nitrogens is 2. The van der Waals surface area contributed by atoms with E-state index in [2.05, 4.69) is 32.0 Å². The highest BCUT2D eigenvalue weighted by atomic mass is 19.1. The van der Waals surface area contributed by atoms with Crippen molar-refractivity contribution in [1.82, 2.24) is 14.9 Å². The van der Waals surface area contributed by atoms with Gasteiger partial charge in [-0.15, -0.1) is 0 Å². The summed E-state index contributed by atoms with van der Waals surface area (Å²) in [5, 5.41) is 14.6. The molecule has 8 nitrogen and oxygen atoms in total. The Bertz CT molecular complexity index is 1040. The van der Waals surface area contributed by atoms with Crippen LogP contribution in [-0.4, -0.2) is 52.5 Å². The Morgan fingerprint density at radius 3 is 2.52 bits per heavy atom. The average molecular weight is 396 g/mol. The largest absolute Gasteiger partial charge is 0.369 e. The second kappa shape index (κ2) is 7.96. The fourth-order valence-corrected chi connectivity index (χ4v) is 3.52. The number of likely N-dealkylation sites (N-methyl/N-ethyl adjacent to an activating group) is 1. The summed E-state index contributed by atoms with van der Waals surface area (Å²) < 4.78 is 13.9. The number of anilines is 3. The highest BCUT2D eigenvalue weighted by Gasteiger charge is 2.18. The molecule has 0 radical (unpaired) electrons. The standard InChI is InChI=1S/C20H21FN6O2/c1-2-25-7-9-26(10-8-25)15-5-3-14(4-6-15)24-20-16-11-19(27(28)29)17(21)12-18(16)22-13-23-20/h3-6,11-13H,2,7-10H2,1H3,(H,22,23,24). The van der Waals surface area contributed by atoms with Crippen molar-refractivity contribution < 1.29 is 9.31 Å². The van der Waals surface area contributed by atoms with Gasteiger partial charge in [-0.3, -0.25) is 10.1 Å². The molecule has 1 saturated heterocycles. The number of hydrogen-bond donors (Lipinski definition) is 1. The molecule has 0 unspecified atom stereocenters. The highest BCUT2D eigenvalue weighted by molar-refractivity contribution is 5.92. The van der Waals surface area contributed by atoms with Gasteiger partial charge >= 0.3 is 5.69 Å². The van der Waals surface area contributed by atoms with Crippen molar-refractivity contribution in [3.8, 4) is 0 Å². The number of fused-ring (bicyclic) bond motifs is 1. The van der Waals surface area contributed by atoms with Crippen LogP contribution in [0.2, 0.25) is 0 Å². The van der Waals surface area contributed by atoms with E-state index >= 15 is 0 Å². The minimum absolute atomic E-state index is 0.302. The molecule has 2 heterocycles. The predicted octanol–water partition coefficient (Wildman–Crippen LogP) is 3.56. The van der Waals surface area contributed by atoms with E-state index in [-0.39, 0.29) is 0 Å². The number of nitrogens with one attached hydrogen (secondary N) is 1. The minimum Gasteiger partial charge on any atom is -0.369 e. The van der Waals surface area contributed by atoms with E-state index in [1.165, 1.54) is 6.33 Å². The zero-order valence-corrected chi connectivity index (χ0v) is 16.0. The number of nitro benzene ring substituents is 1. The number of rotatable bonds is 5. The molecule has 0 bridgehead atoms. The van der Waals surface area contributed by atoms with Crippen LogP contribution < -0.4 is 10.2 Å². The van der Waals surface area contributed by atoms with Crippen molar-refractivity contribution in [1.29, 1.82) is 0 Å². The average Bonchev–Trinajstić information content (AvgIpc) is 2.74. The maximum Gasteiger partial charge on any atom is 0.305 e. The van der Waals surface area contributed by atoms with E-state index in [4.69, 9.17) is 0 Å². The molecule has 1 aromatic heterocycles. The maximum atomic E-state index is 13.9. The molecule has 4 rings (SSSR count). The van der Waals surface area contributed by atoms with Crippen molar-refractivity contribution >= 4 is 33.8 Å². The van der Waals surface area contributed by atoms with E-state index in [0.29, 0.717) is 16.7 Å². The zero-order chi connectivity index (χ0) is 20.4. The number of halogens is 1. The van der Waals surface area contributed by atoms with Crippen molar-refractivity contribution in [2.45, 2.75) is 6.92 Å². The van der Waals surface area contributed by atoms with Crippen LogP contribution in [0.1, 0.15) is 6.92 Å². The van der Waals surface area contributed by atoms with Crippen LogP contribution in [0.15, 0.2) is 42.7 Å². The highest BCUT2D eigenvalue weighted by Crippen LogP contribution is 2.29. The Kier molecular flexibility index (Phi) is 5.22. The topological polar surface area (TPSA) is 87.4 Å². The summed E-state index contributed by atoms with van der Waals surface area (Å²) in [6, 6.07) is 10.2. The lowest BCUT2D eigenvalue weighted by molar-refractivity contribution is -0.387. The first-order valence-corrected chi connectivity index (χ1v) is 9.48. The number of nitro groups is 1. The molecule has 0 atom stereocenters. The SMILES string of the molecule is CCN1CCN(c2ccc(Nc3ncnc4cc(F)c([N+](=O)[O-])cc34)cc2)CC1. The van der Waals surface area contributed by atoms with Crippen LogP contribution in [0.5, 0.6) is 0 Å². The summed E-state index contributed by atoms with van der Waals surface area (Å²) in [7, 11) is 0. The van der Waals surface area contributed by atoms with Crippen LogP contribution in [0.3, 0.4) is 0 Å². The lowest BCUT2D eigenvalue weighted by Crippen LogP contribution is -2.46. The summed E-state index contributed by atoms with van der Waals surface area (Å²) in [6.07, 6.45) is 1.30. The van der Waals surface area contributed by atoms with Gasteiger partial charge in [-0.1, -0.05) is 6.92 Å². The molecule has 0 amide bonds. The van der Waals surface area contributed by atoms with Gasteiger partial charge in [0.2, 0.25) is 5.82 Å². The Balaban J connectivity index is 1.56. The van der Waals surface area contributed by atoms with Gasteiger partial charge < -0.3 is 15.1 Å². The van der Waals surface area contributed by atoms with Crippen LogP contribution in [0, 0.1) is 15.9 Å². The fraction of sp³-hybridized carbons (Fsp3) is 0.300. The maximum absolute atomic E-state index is 13.9. The molecule has 2 aromatic carbocycles. The number of benzene rings is 2. The van der Waals surface area contributed by atoms with E-state index in [1.807, 2.05) is 24.3 Å². The van der Waals surface area contributed by atoms with Gasteiger partial charge in [-0.2, -0.15) is 4.39 Å². The normalized spacial score (nSPS) is 14.9. The molecule has 0 spiro atoms. The van der Waals surface area contributed by atoms with E-state index in [1.54, 1.807) is 0 Å². The number of hydrogen-bond acceptors (Lipinski definition) is 7. The van der Waals surface area contributed by atoms with E-state index in [0.717, 1.165) is 56.2 Å². The monoisotopic (exact) mass is 396 g/mol. The Morgan fingerprint density at radius 2 is 1.86 bits per heavy atom. The summed E-state index contributed by atoms with van der Waals surface area (Å²) in [5.74, 6) is -0.526. The third kappa shape index (κ3) is 3.95. The summed E-state index contributed by atoms with van der Waals surface area (Å²) in [5.41, 5.74) is 1.64. The fourth-order valence-electron chi connectivity index (χ4n) is 3.52.